The molecular formula is C21H25NO3. The lowest BCUT2D eigenvalue weighted by atomic mass is 9.99. The number of hydrogen-bond donors (Lipinski definition) is 2. The van der Waals surface area contributed by atoms with Crippen molar-refractivity contribution in [3.63, 3.8) is 0 Å². The Morgan fingerprint density at radius 2 is 1.68 bits per heavy atom. The van der Waals surface area contributed by atoms with E-state index in [2.05, 4.69) is 36.5 Å². The largest absolute Gasteiger partial charge is 0.481 e. The van der Waals surface area contributed by atoms with E-state index in [1.54, 1.807) is 24.3 Å². The maximum absolute atomic E-state index is 12.0. The van der Waals surface area contributed by atoms with Crippen molar-refractivity contribution in [1.29, 1.82) is 0 Å². The second kappa shape index (κ2) is 9.62. The third-order valence-electron chi connectivity index (χ3n) is 4.24. The summed E-state index contributed by atoms with van der Waals surface area (Å²) in [4.78, 5) is 23.4. The van der Waals surface area contributed by atoms with Crippen molar-refractivity contribution in [2.75, 3.05) is 6.54 Å². The Hall–Kier alpha value is -2.62. The molecule has 4 heteroatoms. The molecule has 25 heavy (non-hydrogen) atoms. The molecule has 1 atom stereocenters. The molecule has 1 unspecified atom stereocenters. The molecule has 0 aliphatic rings. The molecule has 0 saturated heterocycles. The molecular weight excluding hydrogens is 314 g/mol. The summed E-state index contributed by atoms with van der Waals surface area (Å²) in [5.41, 5.74) is 3.23. The summed E-state index contributed by atoms with van der Waals surface area (Å²) in [6.07, 6.45) is 3.11. The monoisotopic (exact) mass is 339 g/mol. The van der Waals surface area contributed by atoms with Crippen LogP contribution in [0.3, 0.4) is 0 Å². The van der Waals surface area contributed by atoms with Crippen LogP contribution in [0.15, 0.2) is 54.6 Å². The Kier molecular flexibility index (Phi) is 7.20. The molecule has 1 amide bonds. The summed E-state index contributed by atoms with van der Waals surface area (Å²) in [7, 11) is 0. The number of aliphatic carboxylic acids is 1. The fourth-order valence-electron chi connectivity index (χ4n) is 2.71. The van der Waals surface area contributed by atoms with E-state index >= 15 is 0 Å². The normalized spacial score (nSPS) is 11.7. The van der Waals surface area contributed by atoms with Gasteiger partial charge < -0.3 is 10.4 Å². The van der Waals surface area contributed by atoms with Gasteiger partial charge in [0, 0.05) is 13.0 Å². The third kappa shape index (κ3) is 6.42. The van der Waals surface area contributed by atoms with Crippen LogP contribution in [0.25, 0.3) is 0 Å². The van der Waals surface area contributed by atoms with E-state index in [1.165, 1.54) is 11.1 Å². The van der Waals surface area contributed by atoms with Gasteiger partial charge in [0.1, 0.15) is 0 Å². The highest BCUT2D eigenvalue weighted by molar-refractivity contribution is 5.79. The van der Waals surface area contributed by atoms with Gasteiger partial charge in [-0.3, -0.25) is 9.59 Å². The Bertz CT molecular complexity index is 680. The molecule has 0 aliphatic heterocycles. The average molecular weight is 339 g/mol. The zero-order chi connectivity index (χ0) is 18.1. The zero-order valence-electron chi connectivity index (χ0n) is 14.6. The van der Waals surface area contributed by atoms with Crippen LogP contribution in [0.4, 0.5) is 0 Å². The summed E-state index contributed by atoms with van der Waals surface area (Å²) in [5.74, 6) is -1.73. The van der Waals surface area contributed by atoms with E-state index in [-0.39, 0.29) is 12.5 Å². The summed E-state index contributed by atoms with van der Waals surface area (Å²) < 4.78 is 0. The van der Waals surface area contributed by atoms with Gasteiger partial charge in [-0.1, -0.05) is 60.2 Å². The number of carboxylic acids is 1. The SMILES string of the molecule is Cc1ccc(CCCCC(=O)NCC(C(=O)O)c2ccccc2)cc1. The van der Waals surface area contributed by atoms with Gasteiger partial charge in [-0.25, -0.2) is 0 Å². The molecule has 0 aromatic heterocycles. The van der Waals surface area contributed by atoms with Gasteiger partial charge in [0.2, 0.25) is 5.91 Å². The Labute approximate surface area is 148 Å². The zero-order valence-corrected chi connectivity index (χ0v) is 14.6. The first-order valence-electron chi connectivity index (χ1n) is 8.66. The molecule has 0 fully saturated rings. The Morgan fingerprint density at radius 3 is 2.32 bits per heavy atom. The lowest BCUT2D eigenvalue weighted by Gasteiger charge is -2.13. The average Bonchev–Trinajstić information content (AvgIpc) is 2.61. The maximum atomic E-state index is 12.0. The van der Waals surface area contributed by atoms with E-state index < -0.39 is 11.9 Å². The number of amides is 1. The predicted octanol–water partition coefficient (Wildman–Crippen LogP) is 3.69. The van der Waals surface area contributed by atoms with Crippen LogP contribution in [-0.4, -0.2) is 23.5 Å². The number of unbranched alkanes of at least 4 members (excludes halogenated alkanes) is 1. The second-order valence-electron chi connectivity index (χ2n) is 6.30. The van der Waals surface area contributed by atoms with Gasteiger partial charge in [0.15, 0.2) is 0 Å². The van der Waals surface area contributed by atoms with Crippen LogP contribution in [0.1, 0.15) is 41.9 Å². The van der Waals surface area contributed by atoms with Crippen LogP contribution in [0, 0.1) is 6.92 Å². The summed E-state index contributed by atoms with van der Waals surface area (Å²) in [6.45, 7) is 2.18. The summed E-state index contributed by atoms with van der Waals surface area (Å²) >= 11 is 0. The summed E-state index contributed by atoms with van der Waals surface area (Å²) in [6, 6.07) is 17.4. The first-order chi connectivity index (χ1) is 12.1. The minimum absolute atomic E-state index is 0.0916. The molecule has 0 aliphatic carbocycles. The minimum Gasteiger partial charge on any atom is -0.481 e. The highest BCUT2D eigenvalue weighted by atomic mass is 16.4. The van der Waals surface area contributed by atoms with Gasteiger partial charge in [-0.05, 0) is 37.3 Å². The number of nitrogens with one attached hydrogen (secondary N) is 1. The molecule has 0 bridgehead atoms. The lowest BCUT2D eigenvalue weighted by molar-refractivity contribution is -0.138. The van der Waals surface area contributed by atoms with Crippen LogP contribution >= 0.6 is 0 Å². The number of rotatable bonds is 9. The number of aryl methyl sites for hydroxylation is 2. The summed E-state index contributed by atoms with van der Waals surface area (Å²) in [5, 5.41) is 12.1. The number of hydrogen-bond acceptors (Lipinski definition) is 2. The molecule has 4 nitrogen and oxygen atoms in total. The van der Waals surface area contributed by atoms with Crippen molar-refractivity contribution in [1.82, 2.24) is 5.32 Å². The number of benzene rings is 2. The number of carbonyl (C=O) groups excluding carboxylic acids is 1. The lowest BCUT2D eigenvalue weighted by Crippen LogP contribution is -2.31. The van der Waals surface area contributed by atoms with E-state index in [0.29, 0.717) is 12.0 Å². The smallest absolute Gasteiger partial charge is 0.312 e. The minimum atomic E-state index is -0.925. The molecule has 0 saturated carbocycles. The number of carboxylic acid groups (broad SMARTS) is 1. The second-order valence-corrected chi connectivity index (χ2v) is 6.30. The van der Waals surface area contributed by atoms with Gasteiger partial charge in [-0.15, -0.1) is 0 Å². The van der Waals surface area contributed by atoms with Gasteiger partial charge in [0.05, 0.1) is 5.92 Å². The van der Waals surface area contributed by atoms with Crippen molar-refractivity contribution < 1.29 is 14.7 Å². The first kappa shape index (κ1) is 18.7. The highest BCUT2D eigenvalue weighted by Gasteiger charge is 2.20. The van der Waals surface area contributed by atoms with Crippen LogP contribution < -0.4 is 5.32 Å². The molecule has 0 radical (unpaired) electrons. The molecule has 2 rings (SSSR count). The van der Waals surface area contributed by atoms with Crippen molar-refractivity contribution in [3.05, 3.63) is 71.3 Å². The molecule has 0 heterocycles. The van der Waals surface area contributed by atoms with Gasteiger partial charge >= 0.3 is 5.97 Å². The van der Waals surface area contributed by atoms with Crippen molar-refractivity contribution in [2.24, 2.45) is 0 Å². The van der Waals surface area contributed by atoms with Crippen molar-refractivity contribution in [3.8, 4) is 0 Å². The molecule has 2 aromatic rings. The molecule has 132 valence electrons. The highest BCUT2D eigenvalue weighted by Crippen LogP contribution is 2.15. The number of carbonyl (C=O) groups is 2. The van der Waals surface area contributed by atoms with E-state index in [4.69, 9.17) is 0 Å². The third-order valence-corrected chi connectivity index (χ3v) is 4.24. The quantitative estimate of drug-likeness (QED) is 0.685. The maximum Gasteiger partial charge on any atom is 0.312 e. The Balaban J connectivity index is 1.70. The molecule has 2 N–H and O–H groups in total. The van der Waals surface area contributed by atoms with Crippen molar-refractivity contribution in [2.45, 2.75) is 38.5 Å². The first-order valence-corrected chi connectivity index (χ1v) is 8.66. The van der Waals surface area contributed by atoms with Crippen LogP contribution in [0.5, 0.6) is 0 Å². The van der Waals surface area contributed by atoms with Gasteiger partial charge in [0.25, 0.3) is 0 Å². The predicted molar refractivity (Wildman–Crippen MR) is 98.6 cm³/mol. The van der Waals surface area contributed by atoms with Crippen LogP contribution in [0.2, 0.25) is 0 Å². The topological polar surface area (TPSA) is 66.4 Å². The van der Waals surface area contributed by atoms with Crippen molar-refractivity contribution >= 4 is 11.9 Å². The van der Waals surface area contributed by atoms with E-state index in [1.807, 2.05) is 6.07 Å². The fourth-order valence-corrected chi connectivity index (χ4v) is 2.71. The molecule has 2 aromatic carbocycles. The van der Waals surface area contributed by atoms with E-state index in [9.17, 15) is 14.7 Å². The Morgan fingerprint density at radius 1 is 1.00 bits per heavy atom. The fraction of sp³-hybridized carbons (Fsp3) is 0.333. The molecule has 0 spiro atoms. The van der Waals surface area contributed by atoms with E-state index in [0.717, 1.165) is 19.3 Å². The van der Waals surface area contributed by atoms with Gasteiger partial charge in [-0.2, -0.15) is 0 Å². The standard InChI is InChI=1S/C21H25NO3/c1-16-11-13-17(14-12-16)7-5-6-10-20(23)22-15-19(21(24)25)18-8-3-2-4-9-18/h2-4,8-9,11-14,19H,5-7,10,15H2,1H3,(H,22,23)(H,24,25). The van der Waals surface area contributed by atoms with Crippen LogP contribution in [-0.2, 0) is 16.0 Å².